The van der Waals surface area contributed by atoms with Crippen LogP contribution in [0.25, 0.3) is 0 Å². The number of nitrogens with zero attached hydrogens (tertiary/aromatic N) is 2. The summed E-state index contributed by atoms with van der Waals surface area (Å²) in [5, 5.41) is 3.10. The van der Waals surface area contributed by atoms with Crippen LogP contribution in [0.2, 0.25) is 0 Å². The van der Waals surface area contributed by atoms with Crippen molar-refractivity contribution >= 4 is 5.95 Å². The third-order valence-electron chi connectivity index (χ3n) is 3.45. The van der Waals surface area contributed by atoms with E-state index in [0.717, 1.165) is 24.4 Å². The minimum atomic E-state index is 0.565. The summed E-state index contributed by atoms with van der Waals surface area (Å²) in [6.45, 7) is 9.15. The molecule has 2 rings (SSSR count). The van der Waals surface area contributed by atoms with Crippen molar-refractivity contribution in [2.24, 2.45) is 0 Å². The van der Waals surface area contributed by atoms with Gasteiger partial charge in [-0.3, -0.25) is 0 Å². The van der Waals surface area contributed by atoms with Crippen LogP contribution in [-0.4, -0.2) is 16.5 Å². The molecule has 0 amide bonds. The molecule has 21 heavy (non-hydrogen) atoms. The van der Waals surface area contributed by atoms with Crippen molar-refractivity contribution in [3.63, 3.8) is 0 Å². The second-order valence-electron chi connectivity index (χ2n) is 5.18. The highest BCUT2D eigenvalue weighted by Crippen LogP contribution is 2.25. The molecule has 1 aromatic heterocycles. The normalized spacial score (nSPS) is 12.0. The first-order chi connectivity index (χ1) is 10.1. The first-order valence-corrected chi connectivity index (χ1v) is 7.49. The highest BCUT2D eigenvalue weighted by Gasteiger charge is 2.06. The van der Waals surface area contributed by atoms with Gasteiger partial charge in [0.05, 0.1) is 0 Å². The maximum absolute atomic E-state index is 5.82. The quantitative estimate of drug-likeness (QED) is 0.847. The summed E-state index contributed by atoms with van der Waals surface area (Å²) >= 11 is 0. The maximum atomic E-state index is 5.82. The smallest absolute Gasteiger partial charge is 0.226 e. The molecule has 1 atom stereocenters. The Kier molecular flexibility index (Phi) is 5.14. The van der Waals surface area contributed by atoms with E-state index in [1.807, 2.05) is 32.0 Å². The number of hydrogen-bond donors (Lipinski definition) is 1. The number of hydrogen-bond acceptors (Lipinski definition) is 4. The van der Waals surface area contributed by atoms with Crippen LogP contribution in [0.15, 0.2) is 30.3 Å². The standard InChI is InChI=1S/C17H23N3O/c1-5-12(3)14-7-9-15(10-8-14)21-16-11-13(4)19-17(20-16)18-6-2/h7-12H,5-6H2,1-4H3,(H,18,19,20). The van der Waals surface area contributed by atoms with Gasteiger partial charge in [0.2, 0.25) is 11.8 Å². The molecule has 1 N–H and O–H groups in total. The molecular formula is C17H23N3O. The third kappa shape index (κ3) is 4.18. The van der Waals surface area contributed by atoms with Crippen molar-refractivity contribution in [3.8, 4) is 11.6 Å². The van der Waals surface area contributed by atoms with Gasteiger partial charge in [-0.05, 0) is 43.9 Å². The Morgan fingerprint density at radius 3 is 2.48 bits per heavy atom. The van der Waals surface area contributed by atoms with Crippen LogP contribution >= 0.6 is 0 Å². The number of ether oxygens (including phenoxy) is 1. The number of aryl methyl sites for hydroxylation is 1. The summed E-state index contributed by atoms with van der Waals surface area (Å²) in [6.07, 6.45) is 1.14. The van der Waals surface area contributed by atoms with E-state index >= 15 is 0 Å². The Hall–Kier alpha value is -2.10. The van der Waals surface area contributed by atoms with Crippen LogP contribution in [0.1, 0.15) is 44.4 Å². The molecule has 0 radical (unpaired) electrons. The summed E-state index contributed by atoms with van der Waals surface area (Å²) in [6, 6.07) is 10.0. The van der Waals surface area contributed by atoms with E-state index in [1.165, 1.54) is 5.56 Å². The summed E-state index contributed by atoms with van der Waals surface area (Å²) in [4.78, 5) is 8.66. The second kappa shape index (κ2) is 7.07. The first-order valence-electron chi connectivity index (χ1n) is 7.49. The fraction of sp³-hybridized carbons (Fsp3) is 0.412. The molecule has 0 fully saturated rings. The van der Waals surface area contributed by atoms with Gasteiger partial charge in [-0.25, -0.2) is 4.98 Å². The predicted octanol–water partition coefficient (Wildman–Crippen LogP) is 4.52. The first kappa shape index (κ1) is 15.3. The lowest BCUT2D eigenvalue weighted by Crippen LogP contribution is -2.04. The minimum Gasteiger partial charge on any atom is -0.439 e. The van der Waals surface area contributed by atoms with Gasteiger partial charge in [0, 0.05) is 18.3 Å². The molecule has 0 saturated carbocycles. The van der Waals surface area contributed by atoms with E-state index in [0.29, 0.717) is 17.7 Å². The molecule has 4 nitrogen and oxygen atoms in total. The highest BCUT2D eigenvalue weighted by atomic mass is 16.5. The zero-order valence-electron chi connectivity index (χ0n) is 13.2. The van der Waals surface area contributed by atoms with E-state index in [9.17, 15) is 0 Å². The van der Waals surface area contributed by atoms with E-state index in [-0.39, 0.29) is 0 Å². The van der Waals surface area contributed by atoms with Crippen LogP contribution in [0.3, 0.4) is 0 Å². The van der Waals surface area contributed by atoms with Gasteiger partial charge in [-0.1, -0.05) is 26.0 Å². The van der Waals surface area contributed by atoms with Crippen LogP contribution in [0.5, 0.6) is 11.6 Å². The van der Waals surface area contributed by atoms with Gasteiger partial charge in [0.1, 0.15) is 5.75 Å². The molecule has 2 aromatic rings. The average molecular weight is 285 g/mol. The van der Waals surface area contributed by atoms with Gasteiger partial charge in [-0.2, -0.15) is 4.98 Å². The van der Waals surface area contributed by atoms with Crippen molar-refractivity contribution in [2.45, 2.75) is 40.0 Å². The fourth-order valence-corrected chi connectivity index (χ4v) is 2.05. The fourth-order valence-electron chi connectivity index (χ4n) is 2.05. The van der Waals surface area contributed by atoms with Crippen molar-refractivity contribution in [1.82, 2.24) is 9.97 Å². The number of anilines is 1. The number of nitrogens with one attached hydrogen (secondary N) is 1. The number of benzene rings is 1. The van der Waals surface area contributed by atoms with Crippen molar-refractivity contribution in [2.75, 3.05) is 11.9 Å². The largest absolute Gasteiger partial charge is 0.439 e. The van der Waals surface area contributed by atoms with Gasteiger partial charge >= 0.3 is 0 Å². The molecule has 0 aliphatic rings. The molecule has 1 aromatic carbocycles. The number of rotatable bonds is 6. The molecule has 112 valence electrons. The van der Waals surface area contributed by atoms with E-state index < -0.39 is 0 Å². The monoisotopic (exact) mass is 285 g/mol. The molecule has 0 bridgehead atoms. The average Bonchev–Trinajstić information content (AvgIpc) is 2.47. The lowest BCUT2D eigenvalue weighted by molar-refractivity contribution is 0.461. The number of aromatic nitrogens is 2. The van der Waals surface area contributed by atoms with Crippen LogP contribution in [-0.2, 0) is 0 Å². The van der Waals surface area contributed by atoms with Gasteiger partial charge < -0.3 is 10.1 Å². The maximum Gasteiger partial charge on any atom is 0.226 e. The Bertz CT molecular complexity index is 581. The molecule has 4 heteroatoms. The SMILES string of the molecule is CCNc1nc(C)cc(Oc2ccc(C(C)CC)cc2)n1. The molecule has 0 aliphatic carbocycles. The van der Waals surface area contributed by atoms with Gasteiger partial charge in [0.25, 0.3) is 0 Å². The summed E-state index contributed by atoms with van der Waals surface area (Å²) in [7, 11) is 0. The molecule has 0 spiro atoms. The Labute approximate surface area is 126 Å². The summed E-state index contributed by atoms with van der Waals surface area (Å²) in [5.74, 6) is 2.53. The van der Waals surface area contributed by atoms with Crippen LogP contribution in [0.4, 0.5) is 5.95 Å². The van der Waals surface area contributed by atoms with Crippen molar-refractivity contribution in [3.05, 3.63) is 41.6 Å². The van der Waals surface area contributed by atoms with E-state index in [1.54, 1.807) is 0 Å². The van der Waals surface area contributed by atoms with Gasteiger partial charge in [-0.15, -0.1) is 0 Å². The van der Waals surface area contributed by atoms with Crippen LogP contribution < -0.4 is 10.1 Å². The predicted molar refractivity (Wildman–Crippen MR) is 86.2 cm³/mol. The lowest BCUT2D eigenvalue weighted by atomic mass is 9.99. The molecule has 1 unspecified atom stereocenters. The molecule has 0 saturated heterocycles. The van der Waals surface area contributed by atoms with Crippen molar-refractivity contribution in [1.29, 1.82) is 0 Å². The molecule has 0 aliphatic heterocycles. The molecule has 1 heterocycles. The second-order valence-corrected chi connectivity index (χ2v) is 5.18. The molecular weight excluding hydrogens is 262 g/mol. The minimum absolute atomic E-state index is 0.565. The Morgan fingerprint density at radius 2 is 1.86 bits per heavy atom. The lowest BCUT2D eigenvalue weighted by Gasteiger charge is -2.11. The van der Waals surface area contributed by atoms with E-state index in [2.05, 4.69) is 41.3 Å². The van der Waals surface area contributed by atoms with Crippen LogP contribution in [0, 0.1) is 6.92 Å². The summed E-state index contributed by atoms with van der Waals surface area (Å²) in [5.41, 5.74) is 2.21. The highest BCUT2D eigenvalue weighted by molar-refractivity contribution is 5.35. The zero-order valence-corrected chi connectivity index (χ0v) is 13.2. The van der Waals surface area contributed by atoms with Gasteiger partial charge in [0.15, 0.2) is 0 Å². The Balaban J connectivity index is 2.14. The van der Waals surface area contributed by atoms with Crippen molar-refractivity contribution < 1.29 is 4.74 Å². The Morgan fingerprint density at radius 1 is 1.14 bits per heavy atom. The zero-order chi connectivity index (χ0) is 15.2. The third-order valence-corrected chi connectivity index (χ3v) is 3.45. The van der Waals surface area contributed by atoms with E-state index in [4.69, 9.17) is 4.74 Å². The summed E-state index contributed by atoms with van der Waals surface area (Å²) < 4.78 is 5.82. The topological polar surface area (TPSA) is 47.0 Å².